The number of ether oxygens (including phenoxy) is 1. The lowest BCUT2D eigenvalue weighted by Gasteiger charge is -2.17. The molecule has 1 aromatic rings. The second-order valence-electron chi connectivity index (χ2n) is 4.20. The maximum absolute atomic E-state index is 12.1. The standard InChI is InChI=1S/C15H23NO2S/c1-4-16(5-2)10-11-19-12-14(17)13-8-6-7-9-15(13)18-3/h6-9H,4-5,10-12H2,1-3H3. The van der Waals surface area contributed by atoms with Gasteiger partial charge in [-0.25, -0.2) is 0 Å². The van der Waals surface area contributed by atoms with Gasteiger partial charge in [0.2, 0.25) is 0 Å². The minimum Gasteiger partial charge on any atom is -0.496 e. The third-order valence-electron chi connectivity index (χ3n) is 3.09. The second kappa shape index (κ2) is 8.99. The molecule has 1 rings (SSSR count). The van der Waals surface area contributed by atoms with E-state index < -0.39 is 0 Å². The van der Waals surface area contributed by atoms with Crippen molar-refractivity contribution in [3.8, 4) is 5.75 Å². The second-order valence-corrected chi connectivity index (χ2v) is 5.31. The maximum atomic E-state index is 12.1. The number of para-hydroxylation sites is 1. The highest BCUT2D eigenvalue weighted by Gasteiger charge is 2.11. The van der Waals surface area contributed by atoms with Crippen molar-refractivity contribution in [1.82, 2.24) is 4.90 Å². The van der Waals surface area contributed by atoms with E-state index in [9.17, 15) is 4.79 Å². The molecule has 0 aromatic heterocycles. The van der Waals surface area contributed by atoms with Gasteiger partial charge < -0.3 is 9.64 Å². The van der Waals surface area contributed by atoms with Crippen LogP contribution in [0.4, 0.5) is 0 Å². The number of methoxy groups -OCH3 is 1. The van der Waals surface area contributed by atoms with Crippen molar-refractivity contribution in [3.05, 3.63) is 29.8 Å². The normalized spacial score (nSPS) is 10.7. The number of hydrogen-bond acceptors (Lipinski definition) is 4. The Kier molecular flexibility index (Phi) is 7.60. The Morgan fingerprint density at radius 1 is 1.26 bits per heavy atom. The number of nitrogens with zero attached hydrogens (tertiary/aromatic N) is 1. The molecule has 0 aliphatic heterocycles. The van der Waals surface area contributed by atoms with Gasteiger partial charge in [-0.3, -0.25) is 4.79 Å². The van der Waals surface area contributed by atoms with Crippen LogP contribution in [0.1, 0.15) is 24.2 Å². The SMILES string of the molecule is CCN(CC)CCSCC(=O)c1ccccc1OC. The molecule has 0 fully saturated rings. The molecular weight excluding hydrogens is 258 g/mol. The molecule has 0 spiro atoms. The Hall–Kier alpha value is -1.00. The fourth-order valence-corrected chi connectivity index (χ4v) is 2.72. The van der Waals surface area contributed by atoms with Gasteiger partial charge >= 0.3 is 0 Å². The molecule has 0 N–H and O–H groups in total. The zero-order valence-electron chi connectivity index (χ0n) is 12.0. The van der Waals surface area contributed by atoms with Crippen LogP contribution < -0.4 is 4.74 Å². The summed E-state index contributed by atoms with van der Waals surface area (Å²) >= 11 is 1.69. The summed E-state index contributed by atoms with van der Waals surface area (Å²) in [4.78, 5) is 14.5. The van der Waals surface area contributed by atoms with Crippen molar-refractivity contribution in [2.45, 2.75) is 13.8 Å². The summed E-state index contributed by atoms with van der Waals surface area (Å²) in [5, 5.41) is 0. The minimum absolute atomic E-state index is 0.141. The van der Waals surface area contributed by atoms with Gasteiger partial charge in [0, 0.05) is 12.3 Å². The molecule has 4 heteroatoms. The predicted octanol–water partition coefficient (Wildman–Crippen LogP) is 2.95. The van der Waals surface area contributed by atoms with Gasteiger partial charge in [-0.2, -0.15) is 11.8 Å². The summed E-state index contributed by atoms with van der Waals surface area (Å²) in [6.45, 7) is 7.49. The van der Waals surface area contributed by atoms with Crippen molar-refractivity contribution >= 4 is 17.5 Å². The minimum atomic E-state index is 0.141. The summed E-state index contributed by atoms with van der Waals surface area (Å²) in [5.41, 5.74) is 0.681. The van der Waals surface area contributed by atoms with Crippen LogP contribution in [0.3, 0.4) is 0 Å². The van der Waals surface area contributed by atoms with Crippen LogP contribution in [-0.4, -0.2) is 48.9 Å². The van der Waals surface area contributed by atoms with Crippen LogP contribution in [0.15, 0.2) is 24.3 Å². The fraction of sp³-hybridized carbons (Fsp3) is 0.533. The van der Waals surface area contributed by atoms with E-state index in [2.05, 4.69) is 18.7 Å². The average Bonchev–Trinajstić information content (AvgIpc) is 2.47. The van der Waals surface area contributed by atoms with Crippen LogP contribution in [0.2, 0.25) is 0 Å². The third-order valence-corrected chi connectivity index (χ3v) is 4.02. The summed E-state index contributed by atoms with van der Waals surface area (Å²) < 4.78 is 5.21. The van der Waals surface area contributed by atoms with E-state index in [1.165, 1.54) is 0 Å². The van der Waals surface area contributed by atoms with Gasteiger partial charge in [-0.1, -0.05) is 26.0 Å². The predicted molar refractivity (Wildman–Crippen MR) is 82.4 cm³/mol. The van der Waals surface area contributed by atoms with Crippen molar-refractivity contribution < 1.29 is 9.53 Å². The van der Waals surface area contributed by atoms with Gasteiger partial charge in [-0.15, -0.1) is 0 Å². The van der Waals surface area contributed by atoms with E-state index in [-0.39, 0.29) is 5.78 Å². The number of rotatable bonds is 9. The van der Waals surface area contributed by atoms with Gasteiger partial charge in [0.25, 0.3) is 0 Å². The first kappa shape index (κ1) is 16.1. The number of carbonyl (C=O) groups excluding carboxylic acids is 1. The van der Waals surface area contributed by atoms with Gasteiger partial charge in [0.1, 0.15) is 5.75 Å². The summed E-state index contributed by atoms with van der Waals surface area (Å²) in [6.07, 6.45) is 0. The first-order valence-corrected chi connectivity index (χ1v) is 7.84. The van der Waals surface area contributed by atoms with Crippen LogP contribution in [0.5, 0.6) is 5.75 Å². The Morgan fingerprint density at radius 3 is 2.58 bits per heavy atom. The molecule has 106 valence electrons. The monoisotopic (exact) mass is 281 g/mol. The Balaban J connectivity index is 2.39. The molecule has 0 aliphatic carbocycles. The van der Waals surface area contributed by atoms with Gasteiger partial charge in [0.05, 0.1) is 18.4 Å². The topological polar surface area (TPSA) is 29.5 Å². The maximum Gasteiger partial charge on any atom is 0.176 e. The molecule has 3 nitrogen and oxygen atoms in total. The summed E-state index contributed by atoms with van der Waals surface area (Å²) in [6, 6.07) is 7.40. The van der Waals surface area contributed by atoms with E-state index in [0.29, 0.717) is 17.1 Å². The highest BCUT2D eigenvalue weighted by Crippen LogP contribution is 2.19. The molecule has 19 heavy (non-hydrogen) atoms. The van der Waals surface area contributed by atoms with Crippen LogP contribution >= 0.6 is 11.8 Å². The van der Waals surface area contributed by atoms with E-state index >= 15 is 0 Å². The molecule has 0 atom stereocenters. The van der Waals surface area contributed by atoms with Crippen molar-refractivity contribution in [1.29, 1.82) is 0 Å². The van der Waals surface area contributed by atoms with Crippen LogP contribution in [-0.2, 0) is 0 Å². The lowest BCUT2D eigenvalue weighted by Crippen LogP contribution is -2.25. The van der Waals surface area contributed by atoms with E-state index in [0.717, 1.165) is 25.4 Å². The lowest BCUT2D eigenvalue weighted by molar-refractivity contribution is 0.101. The Bertz CT molecular complexity index is 391. The first-order chi connectivity index (χ1) is 9.22. The number of hydrogen-bond donors (Lipinski definition) is 0. The molecule has 0 unspecified atom stereocenters. The highest BCUT2D eigenvalue weighted by molar-refractivity contribution is 8.00. The fourth-order valence-electron chi connectivity index (χ4n) is 1.85. The smallest absolute Gasteiger partial charge is 0.176 e. The average molecular weight is 281 g/mol. The highest BCUT2D eigenvalue weighted by atomic mass is 32.2. The van der Waals surface area contributed by atoms with E-state index in [1.807, 2.05) is 24.3 Å². The Morgan fingerprint density at radius 2 is 1.95 bits per heavy atom. The van der Waals surface area contributed by atoms with Crippen LogP contribution in [0.25, 0.3) is 0 Å². The molecule has 0 aliphatic rings. The molecular formula is C15H23NO2S. The molecule has 1 aromatic carbocycles. The zero-order valence-corrected chi connectivity index (χ0v) is 12.8. The molecule has 0 amide bonds. The molecule has 0 radical (unpaired) electrons. The van der Waals surface area contributed by atoms with Crippen molar-refractivity contribution in [3.63, 3.8) is 0 Å². The van der Waals surface area contributed by atoms with E-state index in [4.69, 9.17) is 4.74 Å². The quantitative estimate of drug-likeness (QED) is 0.514. The number of ketones is 1. The molecule has 0 saturated carbocycles. The first-order valence-electron chi connectivity index (χ1n) is 6.69. The number of Topliss-reactive ketones (excluding diaryl/α,β-unsaturated/α-hetero) is 1. The number of carbonyl (C=O) groups is 1. The molecule has 0 heterocycles. The number of benzene rings is 1. The largest absolute Gasteiger partial charge is 0.496 e. The van der Waals surface area contributed by atoms with Crippen LogP contribution in [0, 0.1) is 0 Å². The Labute approximate surface area is 120 Å². The molecule has 0 bridgehead atoms. The molecule has 0 saturated heterocycles. The van der Waals surface area contributed by atoms with Crippen molar-refractivity contribution in [2.75, 3.05) is 38.2 Å². The van der Waals surface area contributed by atoms with Gasteiger partial charge in [-0.05, 0) is 25.2 Å². The zero-order chi connectivity index (χ0) is 14.1. The summed E-state index contributed by atoms with van der Waals surface area (Å²) in [5.74, 6) is 2.31. The number of thioether (sulfide) groups is 1. The summed E-state index contributed by atoms with van der Waals surface area (Å²) in [7, 11) is 1.60. The van der Waals surface area contributed by atoms with Gasteiger partial charge in [0.15, 0.2) is 5.78 Å². The van der Waals surface area contributed by atoms with E-state index in [1.54, 1.807) is 18.9 Å². The lowest BCUT2D eigenvalue weighted by atomic mass is 10.1. The van der Waals surface area contributed by atoms with Crippen molar-refractivity contribution in [2.24, 2.45) is 0 Å². The third kappa shape index (κ3) is 5.25.